The molecule has 6 nitrogen and oxygen atoms in total. The van der Waals surface area contributed by atoms with Crippen molar-refractivity contribution in [1.29, 1.82) is 0 Å². The van der Waals surface area contributed by atoms with E-state index in [-0.39, 0.29) is 17.4 Å². The lowest BCUT2D eigenvalue weighted by atomic mass is 10.1. The van der Waals surface area contributed by atoms with Crippen LogP contribution in [0.3, 0.4) is 0 Å². The Hall–Kier alpha value is -2.73. The summed E-state index contributed by atoms with van der Waals surface area (Å²) >= 11 is 6.31. The summed E-state index contributed by atoms with van der Waals surface area (Å²) in [5, 5.41) is 0.380. The minimum atomic E-state index is -0.697. The number of carbonyl (C=O) groups is 2. The molecule has 0 atom stereocenters. The van der Waals surface area contributed by atoms with Gasteiger partial charge in [-0.1, -0.05) is 23.7 Å². The van der Waals surface area contributed by atoms with Gasteiger partial charge >= 0.3 is 11.9 Å². The fraction of sp³-hybridized carbons (Fsp3) is 0.263. The van der Waals surface area contributed by atoms with E-state index in [1.807, 2.05) is 13.8 Å². The molecule has 7 heteroatoms. The Morgan fingerprint density at radius 3 is 2.38 bits per heavy atom. The lowest BCUT2D eigenvalue weighted by molar-refractivity contribution is -0.139. The Labute approximate surface area is 157 Å². The number of benzene rings is 1. The van der Waals surface area contributed by atoms with E-state index < -0.39 is 11.9 Å². The van der Waals surface area contributed by atoms with Crippen molar-refractivity contribution in [3.05, 3.63) is 58.9 Å². The van der Waals surface area contributed by atoms with Crippen LogP contribution in [0.5, 0.6) is 5.75 Å². The molecule has 0 spiro atoms. The second-order valence-corrected chi connectivity index (χ2v) is 5.98. The summed E-state index contributed by atoms with van der Waals surface area (Å²) in [6.45, 7) is 3.73. The van der Waals surface area contributed by atoms with Crippen LogP contribution in [0.25, 0.3) is 0 Å². The summed E-state index contributed by atoms with van der Waals surface area (Å²) in [6, 6.07) is 5.14. The number of methoxy groups -OCH3 is 2. The smallest absolute Gasteiger partial charge is 0.355 e. The number of allylic oxidation sites excluding steroid dienone is 2. The maximum Gasteiger partial charge on any atom is 0.355 e. The molecular weight excluding hydrogens is 358 g/mol. The van der Waals surface area contributed by atoms with Gasteiger partial charge in [0.1, 0.15) is 5.70 Å². The van der Waals surface area contributed by atoms with E-state index in [1.54, 1.807) is 36.6 Å². The lowest BCUT2D eigenvalue weighted by Crippen LogP contribution is -2.27. The molecule has 2 rings (SSSR count). The molecular formula is C19H20ClNO5. The van der Waals surface area contributed by atoms with Crippen molar-refractivity contribution in [2.45, 2.75) is 20.0 Å². The highest BCUT2D eigenvalue weighted by atomic mass is 35.5. The van der Waals surface area contributed by atoms with Crippen LogP contribution in [0.1, 0.15) is 13.8 Å². The summed E-state index contributed by atoms with van der Waals surface area (Å²) in [4.78, 5) is 26.2. The third kappa shape index (κ3) is 4.08. The number of para-hydroxylation sites is 1. The number of rotatable bonds is 5. The molecule has 1 heterocycles. The molecule has 0 aromatic heterocycles. The van der Waals surface area contributed by atoms with Crippen molar-refractivity contribution < 1.29 is 23.8 Å². The highest BCUT2D eigenvalue weighted by molar-refractivity contribution is 6.32. The number of hydrogen-bond acceptors (Lipinski definition) is 6. The summed E-state index contributed by atoms with van der Waals surface area (Å²) in [5.74, 6) is -0.970. The monoisotopic (exact) mass is 377 g/mol. The molecule has 0 radical (unpaired) electrons. The minimum Gasteiger partial charge on any atom is -0.487 e. The van der Waals surface area contributed by atoms with E-state index in [2.05, 4.69) is 0 Å². The molecule has 26 heavy (non-hydrogen) atoms. The number of esters is 2. The largest absolute Gasteiger partial charge is 0.487 e. The van der Waals surface area contributed by atoms with Crippen LogP contribution < -0.4 is 9.64 Å². The van der Waals surface area contributed by atoms with Crippen LogP contribution in [0, 0.1) is 0 Å². The first-order valence-electron chi connectivity index (χ1n) is 7.90. The maximum atomic E-state index is 12.5. The van der Waals surface area contributed by atoms with E-state index in [9.17, 15) is 9.59 Å². The fourth-order valence-electron chi connectivity index (χ4n) is 2.39. The lowest BCUT2D eigenvalue weighted by Gasteiger charge is -2.26. The number of nitrogens with zero attached hydrogens (tertiary/aromatic N) is 1. The molecule has 0 aliphatic carbocycles. The molecule has 0 saturated heterocycles. The average molecular weight is 378 g/mol. The topological polar surface area (TPSA) is 65.1 Å². The number of ether oxygens (including phenoxy) is 3. The van der Waals surface area contributed by atoms with Gasteiger partial charge in [-0.2, -0.15) is 0 Å². The minimum absolute atomic E-state index is 0.000206. The molecule has 1 aromatic carbocycles. The van der Waals surface area contributed by atoms with Gasteiger partial charge in [0.25, 0.3) is 0 Å². The number of hydrogen-bond donors (Lipinski definition) is 0. The quantitative estimate of drug-likeness (QED) is 0.730. The van der Waals surface area contributed by atoms with E-state index in [1.165, 1.54) is 25.2 Å². The number of carbonyl (C=O) groups excluding carboxylic acids is 2. The fourth-order valence-corrected chi connectivity index (χ4v) is 2.60. The van der Waals surface area contributed by atoms with Crippen LogP contribution in [0.4, 0.5) is 5.69 Å². The molecule has 0 saturated carbocycles. The molecule has 0 fully saturated rings. The van der Waals surface area contributed by atoms with Gasteiger partial charge in [-0.15, -0.1) is 0 Å². The highest BCUT2D eigenvalue weighted by Crippen LogP contribution is 2.39. The summed E-state index contributed by atoms with van der Waals surface area (Å²) in [7, 11) is 2.48. The zero-order valence-corrected chi connectivity index (χ0v) is 15.7. The van der Waals surface area contributed by atoms with Crippen molar-refractivity contribution in [2.24, 2.45) is 0 Å². The summed E-state index contributed by atoms with van der Waals surface area (Å²) in [6.07, 6.45) is 6.27. The summed E-state index contributed by atoms with van der Waals surface area (Å²) in [5.41, 5.74) is 0.549. The van der Waals surface area contributed by atoms with Gasteiger partial charge in [-0.25, -0.2) is 9.59 Å². The maximum absolute atomic E-state index is 12.5. The zero-order valence-electron chi connectivity index (χ0n) is 15.0. The predicted octanol–water partition coefficient (Wildman–Crippen LogP) is 3.62. The molecule has 0 amide bonds. The predicted molar refractivity (Wildman–Crippen MR) is 99.0 cm³/mol. The van der Waals surface area contributed by atoms with Crippen LogP contribution in [-0.2, 0) is 19.1 Å². The van der Waals surface area contributed by atoms with Crippen LogP contribution in [0.2, 0.25) is 5.02 Å². The number of halogens is 1. The van der Waals surface area contributed by atoms with Gasteiger partial charge in [0.05, 0.1) is 36.6 Å². The van der Waals surface area contributed by atoms with Gasteiger partial charge in [-0.3, -0.25) is 0 Å². The first-order chi connectivity index (χ1) is 12.4. The molecule has 1 aromatic rings. The van der Waals surface area contributed by atoms with Crippen molar-refractivity contribution in [1.82, 2.24) is 0 Å². The third-order valence-corrected chi connectivity index (χ3v) is 3.75. The highest BCUT2D eigenvalue weighted by Gasteiger charge is 2.29. The normalized spacial score (nSPS) is 13.7. The van der Waals surface area contributed by atoms with Gasteiger partial charge in [-0.05, 0) is 38.1 Å². The Morgan fingerprint density at radius 1 is 1.08 bits per heavy atom. The zero-order chi connectivity index (χ0) is 19.3. The Balaban J connectivity index is 2.72. The Morgan fingerprint density at radius 2 is 1.77 bits per heavy atom. The molecule has 0 N–H and O–H groups in total. The number of anilines is 1. The van der Waals surface area contributed by atoms with Crippen LogP contribution in [-0.4, -0.2) is 32.3 Å². The van der Waals surface area contributed by atoms with Crippen LogP contribution >= 0.6 is 11.6 Å². The van der Waals surface area contributed by atoms with E-state index >= 15 is 0 Å². The Kier molecular flexibility index (Phi) is 6.46. The molecule has 138 valence electrons. The average Bonchev–Trinajstić information content (AvgIpc) is 2.84. The second kappa shape index (κ2) is 8.58. The van der Waals surface area contributed by atoms with Gasteiger partial charge < -0.3 is 19.1 Å². The Bertz CT molecular complexity index is 795. The molecule has 0 bridgehead atoms. The van der Waals surface area contributed by atoms with Gasteiger partial charge in [0.15, 0.2) is 5.75 Å². The van der Waals surface area contributed by atoms with Crippen molar-refractivity contribution >= 4 is 29.2 Å². The van der Waals surface area contributed by atoms with Gasteiger partial charge in [0, 0.05) is 6.20 Å². The van der Waals surface area contributed by atoms with E-state index in [0.717, 1.165) is 0 Å². The van der Waals surface area contributed by atoms with Gasteiger partial charge in [0.2, 0.25) is 0 Å². The third-order valence-electron chi connectivity index (χ3n) is 3.45. The molecule has 1 aliphatic rings. The first-order valence-corrected chi connectivity index (χ1v) is 8.28. The molecule has 0 unspecified atom stereocenters. The second-order valence-electron chi connectivity index (χ2n) is 5.57. The standard InChI is InChI=1S/C19H20ClNO5/c1-12(2)26-17-14(20)9-7-10-15(17)21-11-6-5-8-13(18(22)24-3)16(21)19(23)25-4/h5-12H,1-4H3. The van der Waals surface area contributed by atoms with Crippen molar-refractivity contribution in [3.8, 4) is 5.75 Å². The van der Waals surface area contributed by atoms with E-state index in [4.69, 9.17) is 25.8 Å². The van der Waals surface area contributed by atoms with Crippen molar-refractivity contribution in [2.75, 3.05) is 19.1 Å². The van der Waals surface area contributed by atoms with Crippen LogP contribution in [0.15, 0.2) is 53.9 Å². The molecule has 1 aliphatic heterocycles. The summed E-state index contributed by atoms with van der Waals surface area (Å²) < 4.78 is 15.5. The SMILES string of the molecule is COC(=O)C1=C(C(=O)OC)N(c2cccc(Cl)c2OC(C)C)C=CC=C1. The van der Waals surface area contributed by atoms with E-state index in [0.29, 0.717) is 16.5 Å². The van der Waals surface area contributed by atoms with Crippen molar-refractivity contribution in [3.63, 3.8) is 0 Å². The first kappa shape index (κ1) is 19.6.